The zero-order valence-electron chi connectivity index (χ0n) is 6.99. The summed E-state index contributed by atoms with van der Waals surface area (Å²) in [5, 5.41) is 9.50. The van der Waals surface area contributed by atoms with E-state index in [0.29, 0.717) is 19.4 Å². The van der Waals surface area contributed by atoms with Crippen molar-refractivity contribution in [2.24, 2.45) is 0 Å². The molecule has 0 radical (unpaired) electrons. The Labute approximate surface area is 71.7 Å². The molecule has 1 fully saturated rings. The van der Waals surface area contributed by atoms with E-state index in [2.05, 4.69) is 0 Å². The SMILES string of the molecule is O=C1CCCC=C2[C@H](O)CCN12. The molecule has 0 aliphatic carbocycles. The highest BCUT2D eigenvalue weighted by Crippen LogP contribution is 2.26. The molecule has 0 spiro atoms. The maximum Gasteiger partial charge on any atom is 0.226 e. The summed E-state index contributed by atoms with van der Waals surface area (Å²) in [6.07, 6.45) is 4.79. The van der Waals surface area contributed by atoms with Crippen molar-refractivity contribution in [3.05, 3.63) is 11.8 Å². The average molecular weight is 167 g/mol. The van der Waals surface area contributed by atoms with Crippen molar-refractivity contribution < 1.29 is 9.90 Å². The van der Waals surface area contributed by atoms with Gasteiger partial charge >= 0.3 is 0 Å². The van der Waals surface area contributed by atoms with Crippen molar-refractivity contribution in [1.82, 2.24) is 4.90 Å². The number of allylic oxidation sites excluding steroid dienone is 1. The van der Waals surface area contributed by atoms with Crippen LogP contribution in [-0.4, -0.2) is 28.6 Å². The lowest BCUT2D eigenvalue weighted by Crippen LogP contribution is -2.26. The Kier molecular flexibility index (Phi) is 1.89. The summed E-state index contributed by atoms with van der Waals surface area (Å²) >= 11 is 0. The molecule has 0 unspecified atom stereocenters. The molecule has 3 heteroatoms. The van der Waals surface area contributed by atoms with Crippen LogP contribution in [0.25, 0.3) is 0 Å². The molecule has 1 amide bonds. The third-order valence-corrected chi connectivity index (χ3v) is 2.53. The lowest BCUT2D eigenvalue weighted by Gasteiger charge is -2.16. The predicted octanol–water partition coefficient (Wildman–Crippen LogP) is 0.647. The van der Waals surface area contributed by atoms with Gasteiger partial charge in [-0.15, -0.1) is 0 Å². The number of carbonyl (C=O) groups is 1. The first-order valence-corrected chi connectivity index (χ1v) is 4.47. The van der Waals surface area contributed by atoms with Crippen LogP contribution in [0.2, 0.25) is 0 Å². The van der Waals surface area contributed by atoms with Gasteiger partial charge in [-0.3, -0.25) is 4.79 Å². The van der Waals surface area contributed by atoms with Gasteiger partial charge in [0.05, 0.1) is 6.10 Å². The second-order valence-electron chi connectivity index (χ2n) is 3.37. The molecule has 12 heavy (non-hydrogen) atoms. The summed E-state index contributed by atoms with van der Waals surface area (Å²) in [5.41, 5.74) is 0.845. The number of hydrogen-bond donors (Lipinski definition) is 1. The first-order chi connectivity index (χ1) is 5.79. The van der Waals surface area contributed by atoms with Crippen LogP contribution in [0.5, 0.6) is 0 Å². The highest BCUT2D eigenvalue weighted by molar-refractivity contribution is 5.79. The molecule has 1 N–H and O–H groups in total. The van der Waals surface area contributed by atoms with E-state index in [0.717, 1.165) is 18.5 Å². The van der Waals surface area contributed by atoms with Gasteiger partial charge in [0.15, 0.2) is 0 Å². The Bertz CT molecular complexity index is 235. The molecule has 0 bridgehead atoms. The number of aliphatic hydroxyl groups is 1. The van der Waals surface area contributed by atoms with Crippen molar-refractivity contribution in [3.8, 4) is 0 Å². The van der Waals surface area contributed by atoms with Gasteiger partial charge in [-0.25, -0.2) is 0 Å². The van der Waals surface area contributed by atoms with Gasteiger partial charge in [-0.1, -0.05) is 6.08 Å². The van der Waals surface area contributed by atoms with Crippen LogP contribution >= 0.6 is 0 Å². The minimum Gasteiger partial charge on any atom is -0.387 e. The summed E-state index contributed by atoms with van der Waals surface area (Å²) in [5.74, 6) is 0.176. The standard InChI is InChI=1S/C9H13NO2/c11-8-5-6-10-7(8)3-1-2-4-9(10)12/h3,8,11H,1-2,4-6H2/t8-/m1/s1. The molecule has 3 nitrogen and oxygen atoms in total. The van der Waals surface area contributed by atoms with Crippen molar-refractivity contribution >= 4 is 5.91 Å². The molecule has 2 aliphatic heterocycles. The van der Waals surface area contributed by atoms with Crippen LogP contribution in [0.15, 0.2) is 11.8 Å². The van der Waals surface area contributed by atoms with E-state index in [9.17, 15) is 9.90 Å². The minimum absolute atomic E-state index is 0.176. The Morgan fingerprint density at radius 3 is 3.25 bits per heavy atom. The van der Waals surface area contributed by atoms with Crippen LogP contribution in [0.3, 0.4) is 0 Å². The van der Waals surface area contributed by atoms with Crippen molar-refractivity contribution in [2.75, 3.05) is 6.54 Å². The van der Waals surface area contributed by atoms with Crippen LogP contribution in [0, 0.1) is 0 Å². The fraction of sp³-hybridized carbons (Fsp3) is 0.667. The molecule has 0 aromatic heterocycles. The van der Waals surface area contributed by atoms with Crippen molar-refractivity contribution in [2.45, 2.75) is 31.8 Å². The second-order valence-corrected chi connectivity index (χ2v) is 3.37. The van der Waals surface area contributed by atoms with Crippen molar-refractivity contribution in [3.63, 3.8) is 0 Å². The smallest absolute Gasteiger partial charge is 0.226 e. The molecule has 1 saturated heterocycles. The number of hydrogen-bond acceptors (Lipinski definition) is 2. The monoisotopic (exact) mass is 167 g/mol. The Morgan fingerprint density at radius 1 is 1.58 bits per heavy atom. The molecule has 2 aliphatic rings. The first kappa shape index (κ1) is 7.80. The zero-order valence-corrected chi connectivity index (χ0v) is 6.99. The first-order valence-electron chi connectivity index (χ1n) is 4.47. The maximum absolute atomic E-state index is 11.4. The summed E-state index contributed by atoms with van der Waals surface area (Å²) in [6.45, 7) is 0.700. The average Bonchev–Trinajstić information content (AvgIpc) is 2.30. The summed E-state index contributed by atoms with van der Waals surface area (Å²) in [4.78, 5) is 13.1. The maximum atomic E-state index is 11.4. The minimum atomic E-state index is -0.396. The number of amides is 1. The molecule has 1 atom stereocenters. The van der Waals surface area contributed by atoms with Gasteiger partial charge < -0.3 is 10.0 Å². The molecular weight excluding hydrogens is 154 g/mol. The van der Waals surface area contributed by atoms with E-state index >= 15 is 0 Å². The third-order valence-electron chi connectivity index (χ3n) is 2.53. The third kappa shape index (κ3) is 1.14. The Balaban J connectivity index is 2.25. The Morgan fingerprint density at radius 2 is 2.42 bits per heavy atom. The van der Waals surface area contributed by atoms with E-state index in [1.54, 1.807) is 4.90 Å². The quantitative estimate of drug-likeness (QED) is 0.575. The predicted molar refractivity (Wildman–Crippen MR) is 44.3 cm³/mol. The fourth-order valence-corrected chi connectivity index (χ4v) is 1.86. The number of aliphatic hydroxyl groups excluding tert-OH is 1. The van der Waals surface area contributed by atoms with Crippen LogP contribution in [0.4, 0.5) is 0 Å². The van der Waals surface area contributed by atoms with E-state index in [1.165, 1.54) is 0 Å². The van der Waals surface area contributed by atoms with E-state index in [1.807, 2.05) is 6.08 Å². The zero-order chi connectivity index (χ0) is 8.55. The van der Waals surface area contributed by atoms with Gasteiger partial charge in [-0.05, 0) is 19.3 Å². The molecule has 2 rings (SSSR count). The number of nitrogens with zero attached hydrogens (tertiary/aromatic N) is 1. The lowest BCUT2D eigenvalue weighted by atomic mass is 10.2. The topological polar surface area (TPSA) is 40.5 Å². The van der Waals surface area contributed by atoms with Gasteiger partial charge in [0, 0.05) is 18.7 Å². The largest absolute Gasteiger partial charge is 0.387 e. The highest BCUT2D eigenvalue weighted by Gasteiger charge is 2.30. The number of rotatable bonds is 0. The number of carbonyl (C=O) groups excluding carboxylic acids is 1. The van der Waals surface area contributed by atoms with E-state index in [-0.39, 0.29) is 5.91 Å². The van der Waals surface area contributed by atoms with E-state index < -0.39 is 6.10 Å². The lowest BCUT2D eigenvalue weighted by molar-refractivity contribution is -0.128. The van der Waals surface area contributed by atoms with Gasteiger partial charge in [0.2, 0.25) is 5.91 Å². The molecule has 0 saturated carbocycles. The van der Waals surface area contributed by atoms with Crippen LogP contribution in [-0.2, 0) is 4.79 Å². The molecule has 0 aromatic rings. The molecule has 2 heterocycles. The van der Waals surface area contributed by atoms with Crippen LogP contribution in [0.1, 0.15) is 25.7 Å². The van der Waals surface area contributed by atoms with Gasteiger partial charge in [0.25, 0.3) is 0 Å². The summed E-state index contributed by atoms with van der Waals surface area (Å²) in [6, 6.07) is 0. The fourth-order valence-electron chi connectivity index (χ4n) is 1.86. The molecule has 0 aromatic carbocycles. The van der Waals surface area contributed by atoms with Gasteiger partial charge in [0.1, 0.15) is 0 Å². The highest BCUT2D eigenvalue weighted by atomic mass is 16.3. The Hall–Kier alpha value is -0.830. The van der Waals surface area contributed by atoms with Crippen molar-refractivity contribution in [1.29, 1.82) is 0 Å². The van der Waals surface area contributed by atoms with E-state index in [4.69, 9.17) is 0 Å². The second kappa shape index (κ2) is 2.90. The van der Waals surface area contributed by atoms with Gasteiger partial charge in [-0.2, -0.15) is 0 Å². The summed E-state index contributed by atoms with van der Waals surface area (Å²) < 4.78 is 0. The summed E-state index contributed by atoms with van der Waals surface area (Å²) in [7, 11) is 0. The van der Waals surface area contributed by atoms with Crippen LogP contribution < -0.4 is 0 Å². The normalized spacial score (nSPS) is 29.8. The molecule has 66 valence electrons. The number of fused-ring (bicyclic) bond motifs is 1. The molecular formula is C9H13NO2.